The summed E-state index contributed by atoms with van der Waals surface area (Å²) in [5.41, 5.74) is 2.42. The average Bonchev–Trinajstić information content (AvgIpc) is 3.20. The number of amides is 1. The lowest BCUT2D eigenvalue weighted by atomic mass is 10.1. The van der Waals surface area contributed by atoms with Gasteiger partial charge >= 0.3 is 0 Å². The predicted octanol–water partition coefficient (Wildman–Crippen LogP) is 5.86. The fourth-order valence-electron chi connectivity index (χ4n) is 3.07. The number of hydrogen-bond acceptors (Lipinski definition) is 3. The molecule has 0 atom stereocenters. The summed E-state index contributed by atoms with van der Waals surface area (Å²) in [6.45, 7) is 0. The van der Waals surface area contributed by atoms with Crippen molar-refractivity contribution < 1.29 is 18.0 Å². The highest BCUT2D eigenvalue weighted by molar-refractivity contribution is 5.90. The van der Waals surface area contributed by atoms with Crippen molar-refractivity contribution in [2.24, 2.45) is 0 Å². The monoisotopic (exact) mass is 404 g/mol. The minimum Gasteiger partial charge on any atom is -0.440 e. The molecule has 0 aliphatic heterocycles. The fraction of sp³-hybridized carbons (Fsp3) is 0.0833. The van der Waals surface area contributed by atoms with Gasteiger partial charge in [0.05, 0.1) is 5.69 Å². The molecule has 30 heavy (non-hydrogen) atoms. The van der Waals surface area contributed by atoms with Crippen LogP contribution in [0.2, 0.25) is 0 Å². The van der Waals surface area contributed by atoms with Crippen LogP contribution in [0.4, 0.5) is 14.5 Å². The molecule has 0 spiro atoms. The summed E-state index contributed by atoms with van der Waals surface area (Å²) in [6, 6.07) is 22.3. The van der Waals surface area contributed by atoms with Gasteiger partial charge < -0.3 is 9.73 Å². The number of anilines is 1. The second kappa shape index (κ2) is 8.69. The van der Waals surface area contributed by atoms with Crippen LogP contribution in [0.5, 0.6) is 0 Å². The third kappa shape index (κ3) is 4.43. The van der Waals surface area contributed by atoms with Crippen molar-refractivity contribution in [3.05, 3.63) is 96.4 Å². The van der Waals surface area contributed by atoms with Gasteiger partial charge in [-0.05, 0) is 12.1 Å². The van der Waals surface area contributed by atoms with Crippen LogP contribution in [0.1, 0.15) is 12.3 Å². The van der Waals surface area contributed by atoms with Crippen molar-refractivity contribution >= 4 is 11.6 Å². The molecule has 1 heterocycles. The SMILES string of the molecule is O=C(CCc1nc(-c2ccccc2)c(-c2ccccc2)o1)Nc1ccc(F)cc1F. The Bertz CT molecular complexity index is 1100. The van der Waals surface area contributed by atoms with Crippen molar-refractivity contribution in [1.29, 1.82) is 0 Å². The summed E-state index contributed by atoms with van der Waals surface area (Å²) in [7, 11) is 0. The fourth-order valence-corrected chi connectivity index (χ4v) is 3.07. The number of aryl methyl sites for hydroxylation is 1. The van der Waals surface area contributed by atoms with Crippen molar-refractivity contribution in [3.8, 4) is 22.6 Å². The molecular weight excluding hydrogens is 386 g/mol. The molecule has 1 N–H and O–H groups in total. The van der Waals surface area contributed by atoms with Gasteiger partial charge in [0.2, 0.25) is 5.91 Å². The van der Waals surface area contributed by atoms with Crippen LogP contribution in [0.3, 0.4) is 0 Å². The minimum absolute atomic E-state index is 0.0415. The van der Waals surface area contributed by atoms with E-state index in [4.69, 9.17) is 4.42 Å². The van der Waals surface area contributed by atoms with E-state index in [1.54, 1.807) is 0 Å². The zero-order chi connectivity index (χ0) is 20.9. The standard InChI is InChI=1S/C24H18F2N2O2/c25-18-11-12-20(19(26)15-18)27-21(29)13-14-22-28-23(16-7-3-1-4-8-16)24(30-22)17-9-5-2-6-10-17/h1-12,15H,13-14H2,(H,27,29). The molecule has 6 heteroatoms. The van der Waals surface area contributed by atoms with E-state index in [-0.39, 0.29) is 18.5 Å². The maximum absolute atomic E-state index is 13.7. The molecule has 0 bridgehead atoms. The van der Waals surface area contributed by atoms with E-state index < -0.39 is 17.5 Å². The predicted molar refractivity (Wildman–Crippen MR) is 111 cm³/mol. The largest absolute Gasteiger partial charge is 0.440 e. The van der Waals surface area contributed by atoms with Crippen LogP contribution in [0.15, 0.2) is 83.3 Å². The number of nitrogens with one attached hydrogen (secondary N) is 1. The van der Waals surface area contributed by atoms with Gasteiger partial charge in [0.1, 0.15) is 17.3 Å². The Labute approximate surface area is 172 Å². The Morgan fingerprint density at radius 3 is 2.23 bits per heavy atom. The average molecular weight is 404 g/mol. The third-order valence-corrected chi connectivity index (χ3v) is 4.53. The van der Waals surface area contributed by atoms with Gasteiger partial charge in [-0.2, -0.15) is 0 Å². The zero-order valence-corrected chi connectivity index (χ0v) is 15.9. The number of carbonyl (C=O) groups excluding carboxylic acids is 1. The number of rotatable bonds is 6. The summed E-state index contributed by atoms with van der Waals surface area (Å²) in [5.74, 6) is -0.908. The molecule has 0 aliphatic carbocycles. The first-order valence-corrected chi connectivity index (χ1v) is 9.45. The lowest BCUT2D eigenvalue weighted by Crippen LogP contribution is -2.13. The molecular formula is C24H18F2N2O2. The van der Waals surface area contributed by atoms with Crippen molar-refractivity contribution in [1.82, 2.24) is 4.98 Å². The van der Waals surface area contributed by atoms with Gasteiger partial charge in [-0.15, -0.1) is 0 Å². The number of aromatic nitrogens is 1. The Balaban J connectivity index is 1.53. The molecule has 150 valence electrons. The molecule has 4 nitrogen and oxygen atoms in total. The van der Waals surface area contributed by atoms with E-state index in [9.17, 15) is 13.6 Å². The van der Waals surface area contributed by atoms with Crippen LogP contribution in [-0.2, 0) is 11.2 Å². The van der Waals surface area contributed by atoms with Crippen molar-refractivity contribution in [2.75, 3.05) is 5.32 Å². The van der Waals surface area contributed by atoms with E-state index in [2.05, 4.69) is 10.3 Å². The highest BCUT2D eigenvalue weighted by atomic mass is 19.1. The van der Waals surface area contributed by atoms with Crippen LogP contribution < -0.4 is 5.32 Å². The summed E-state index contributed by atoms with van der Waals surface area (Å²) < 4.78 is 32.7. The number of halogens is 2. The van der Waals surface area contributed by atoms with E-state index >= 15 is 0 Å². The Kier molecular flexibility index (Phi) is 5.66. The summed E-state index contributed by atoms with van der Waals surface area (Å²) >= 11 is 0. The van der Waals surface area contributed by atoms with Gasteiger partial charge in [0.15, 0.2) is 11.7 Å². The van der Waals surface area contributed by atoms with Gasteiger partial charge in [-0.3, -0.25) is 4.79 Å². The van der Waals surface area contributed by atoms with Gasteiger partial charge in [-0.25, -0.2) is 13.8 Å². The van der Waals surface area contributed by atoms with Crippen LogP contribution >= 0.6 is 0 Å². The second-order valence-corrected chi connectivity index (χ2v) is 6.69. The molecule has 0 aliphatic rings. The number of hydrogen-bond donors (Lipinski definition) is 1. The van der Waals surface area contributed by atoms with Crippen LogP contribution in [-0.4, -0.2) is 10.9 Å². The smallest absolute Gasteiger partial charge is 0.224 e. The Morgan fingerprint density at radius 1 is 0.900 bits per heavy atom. The maximum atomic E-state index is 13.7. The highest BCUT2D eigenvalue weighted by Crippen LogP contribution is 2.32. The number of nitrogens with zero attached hydrogens (tertiary/aromatic N) is 1. The first-order valence-electron chi connectivity index (χ1n) is 9.45. The molecule has 4 aromatic rings. The number of carbonyl (C=O) groups is 1. The molecule has 0 fully saturated rings. The number of benzene rings is 3. The first-order chi connectivity index (χ1) is 14.6. The summed E-state index contributed by atoms with van der Waals surface area (Å²) in [5, 5.41) is 2.44. The Hall–Kier alpha value is -3.80. The van der Waals surface area contributed by atoms with Crippen LogP contribution in [0.25, 0.3) is 22.6 Å². The molecule has 1 amide bonds. The molecule has 1 aromatic heterocycles. The zero-order valence-electron chi connectivity index (χ0n) is 15.9. The van der Waals surface area contributed by atoms with Gasteiger partial charge in [0, 0.05) is 30.0 Å². The van der Waals surface area contributed by atoms with E-state index in [0.29, 0.717) is 17.3 Å². The maximum Gasteiger partial charge on any atom is 0.224 e. The molecule has 4 rings (SSSR count). The van der Waals surface area contributed by atoms with E-state index in [1.165, 1.54) is 6.07 Å². The third-order valence-electron chi connectivity index (χ3n) is 4.53. The molecule has 0 saturated carbocycles. The molecule has 0 unspecified atom stereocenters. The quantitative estimate of drug-likeness (QED) is 0.438. The second-order valence-electron chi connectivity index (χ2n) is 6.69. The highest BCUT2D eigenvalue weighted by Gasteiger charge is 2.17. The van der Waals surface area contributed by atoms with Crippen LogP contribution in [0, 0.1) is 11.6 Å². The minimum atomic E-state index is -0.822. The lowest BCUT2D eigenvalue weighted by molar-refractivity contribution is -0.116. The van der Waals surface area contributed by atoms with Crippen molar-refractivity contribution in [2.45, 2.75) is 12.8 Å². The van der Waals surface area contributed by atoms with Gasteiger partial charge in [-0.1, -0.05) is 60.7 Å². The Morgan fingerprint density at radius 2 is 1.57 bits per heavy atom. The van der Waals surface area contributed by atoms with Crippen molar-refractivity contribution in [3.63, 3.8) is 0 Å². The van der Waals surface area contributed by atoms with Gasteiger partial charge in [0.25, 0.3) is 0 Å². The van der Waals surface area contributed by atoms with E-state index in [0.717, 1.165) is 23.3 Å². The summed E-state index contributed by atoms with van der Waals surface area (Å²) in [6.07, 6.45) is 0.279. The summed E-state index contributed by atoms with van der Waals surface area (Å²) in [4.78, 5) is 16.8. The normalized spacial score (nSPS) is 10.7. The first kappa shape index (κ1) is 19.5. The topological polar surface area (TPSA) is 55.1 Å². The molecule has 0 radical (unpaired) electrons. The lowest BCUT2D eigenvalue weighted by Gasteiger charge is -2.05. The number of oxazole rings is 1. The molecule has 0 saturated heterocycles. The van der Waals surface area contributed by atoms with E-state index in [1.807, 2.05) is 60.7 Å². The molecule has 3 aromatic carbocycles.